The van der Waals surface area contributed by atoms with Gasteiger partial charge >= 0.3 is 0 Å². The van der Waals surface area contributed by atoms with Crippen LogP contribution in [0.4, 0.5) is 0 Å². The van der Waals surface area contributed by atoms with Gasteiger partial charge in [-0.15, -0.1) is 0 Å². The fraction of sp³-hybridized carbons (Fsp3) is 0.500. The van der Waals surface area contributed by atoms with E-state index in [1.807, 2.05) is 18.2 Å². The van der Waals surface area contributed by atoms with Gasteiger partial charge in [0.2, 0.25) is 5.88 Å². The van der Waals surface area contributed by atoms with Gasteiger partial charge in [-0.3, -0.25) is 0 Å². The Kier molecular flexibility index (Phi) is 3.71. The second kappa shape index (κ2) is 4.82. The summed E-state index contributed by atoms with van der Waals surface area (Å²) < 4.78 is 5.44. The fourth-order valence-corrected chi connectivity index (χ4v) is 0.904. The molecule has 0 unspecified atom stereocenters. The van der Waals surface area contributed by atoms with E-state index < -0.39 is 0 Å². The molecule has 0 radical (unpaired) electrons. The monoisotopic (exact) mass is 180 g/mol. The average Bonchev–Trinajstić information content (AvgIpc) is 2.15. The highest BCUT2D eigenvalue weighted by atomic mass is 16.5. The minimum absolute atomic E-state index is 0.457. The van der Waals surface area contributed by atoms with Crippen LogP contribution in [0.1, 0.15) is 19.5 Å². The highest BCUT2D eigenvalue weighted by molar-refractivity contribution is 5.15. The molecule has 1 rings (SSSR count). The van der Waals surface area contributed by atoms with Crippen molar-refractivity contribution in [2.45, 2.75) is 20.4 Å². The molecule has 72 valence electrons. The summed E-state index contributed by atoms with van der Waals surface area (Å²) in [6.45, 7) is 5.36. The fourth-order valence-electron chi connectivity index (χ4n) is 0.904. The maximum absolute atomic E-state index is 5.46. The molecule has 0 spiro atoms. The van der Waals surface area contributed by atoms with Crippen LogP contribution in [0.15, 0.2) is 18.2 Å². The van der Waals surface area contributed by atoms with Crippen LogP contribution in [0.5, 0.6) is 5.88 Å². The lowest BCUT2D eigenvalue weighted by Crippen LogP contribution is -2.07. The first kappa shape index (κ1) is 9.99. The van der Waals surface area contributed by atoms with Crippen LogP contribution in [-0.4, -0.2) is 11.6 Å². The normalized spacial score (nSPS) is 10.5. The molecule has 1 heterocycles. The van der Waals surface area contributed by atoms with Crippen LogP contribution >= 0.6 is 0 Å². The highest BCUT2D eigenvalue weighted by Crippen LogP contribution is 2.08. The number of aromatic nitrogens is 1. The van der Waals surface area contributed by atoms with Crippen molar-refractivity contribution in [3.8, 4) is 5.88 Å². The maximum Gasteiger partial charge on any atom is 0.213 e. The summed E-state index contributed by atoms with van der Waals surface area (Å²) in [4.78, 5) is 4.22. The van der Waals surface area contributed by atoms with E-state index in [1.54, 1.807) is 0 Å². The van der Waals surface area contributed by atoms with Crippen molar-refractivity contribution in [1.82, 2.24) is 4.98 Å². The minimum atomic E-state index is 0.457. The van der Waals surface area contributed by atoms with Crippen molar-refractivity contribution in [1.29, 1.82) is 0 Å². The van der Waals surface area contributed by atoms with E-state index in [1.165, 1.54) is 0 Å². The van der Waals surface area contributed by atoms with Gasteiger partial charge in [0.25, 0.3) is 0 Å². The van der Waals surface area contributed by atoms with Crippen LogP contribution in [0.3, 0.4) is 0 Å². The summed E-state index contributed by atoms with van der Waals surface area (Å²) in [5, 5.41) is 0. The molecule has 0 aliphatic rings. The Morgan fingerprint density at radius 2 is 2.23 bits per heavy atom. The summed E-state index contributed by atoms with van der Waals surface area (Å²) in [5.41, 5.74) is 6.32. The molecule has 13 heavy (non-hydrogen) atoms. The van der Waals surface area contributed by atoms with Crippen LogP contribution in [0.25, 0.3) is 0 Å². The Labute approximate surface area is 78.9 Å². The Morgan fingerprint density at radius 1 is 1.46 bits per heavy atom. The molecule has 0 aliphatic carbocycles. The summed E-state index contributed by atoms with van der Waals surface area (Å²) in [6, 6.07) is 5.65. The zero-order valence-corrected chi connectivity index (χ0v) is 8.16. The lowest BCUT2D eigenvalue weighted by Gasteiger charge is -2.07. The lowest BCUT2D eigenvalue weighted by atomic mass is 10.2. The van der Waals surface area contributed by atoms with E-state index in [0.717, 1.165) is 5.69 Å². The molecule has 0 fully saturated rings. The van der Waals surface area contributed by atoms with E-state index in [9.17, 15) is 0 Å². The van der Waals surface area contributed by atoms with Crippen LogP contribution in [0, 0.1) is 5.92 Å². The smallest absolute Gasteiger partial charge is 0.213 e. The summed E-state index contributed by atoms with van der Waals surface area (Å²) in [7, 11) is 0. The molecule has 0 amide bonds. The first-order valence-corrected chi connectivity index (χ1v) is 4.51. The molecule has 1 aromatic rings. The van der Waals surface area contributed by atoms with E-state index in [-0.39, 0.29) is 0 Å². The van der Waals surface area contributed by atoms with Gasteiger partial charge in [0, 0.05) is 12.6 Å². The predicted octanol–water partition coefficient (Wildman–Crippen LogP) is 1.58. The number of ether oxygens (including phenoxy) is 1. The number of pyridine rings is 1. The maximum atomic E-state index is 5.46. The zero-order valence-electron chi connectivity index (χ0n) is 8.16. The molecule has 3 nitrogen and oxygen atoms in total. The molecule has 3 heteroatoms. The predicted molar refractivity (Wildman–Crippen MR) is 52.5 cm³/mol. The lowest BCUT2D eigenvalue weighted by molar-refractivity contribution is 0.260. The van der Waals surface area contributed by atoms with Gasteiger partial charge in [0.1, 0.15) is 0 Å². The number of hydrogen-bond donors (Lipinski definition) is 1. The Hall–Kier alpha value is -1.09. The number of nitrogens with two attached hydrogens (primary N) is 1. The van der Waals surface area contributed by atoms with Gasteiger partial charge in [-0.2, -0.15) is 0 Å². The molecule has 0 saturated carbocycles. The quantitative estimate of drug-likeness (QED) is 0.765. The summed E-state index contributed by atoms with van der Waals surface area (Å²) >= 11 is 0. The third kappa shape index (κ3) is 3.42. The molecule has 0 saturated heterocycles. The van der Waals surface area contributed by atoms with E-state index in [2.05, 4.69) is 18.8 Å². The van der Waals surface area contributed by atoms with Crippen LogP contribution < -0.4 is 10.5 Å². The number of nitrogens with zero attached hydrogens (tertiary/aromatic N) is 1. The topological polar surface area (TPSA) is 48.1 Å². The van der Waals surface area contributed by atoms with E-state index in [0.29, 0.717) is 24.9 Å². The van der Waals surface area contributed by atoms with E-state index in [4.69, 9.17) is 10.5 Å². The zero-order chi connectivity index (χ0) is 9.68. The molecule has 2 N–H and O–H groups in total. The Balaban J connectivity index is 2.56. The highest BCUT2D eigenvalue weighted by Gasteiger charge is 1.98. The molecule has 0 atom stereocenters. The largest absolute Gasteiger partial charge is 0.477 e. The summed E-state index contributed by atoms with van der Waals surface area (Å²) in [6.07, 6.45) is 0. The molecule has 1 aromatic heterocycles. The molecule has 0 bridgehead atoms. The van der Waals surface area contributed by atoms with Gasteiger partial charge in [-0.25, -0.2) is 4.98 Å². The second-order valence-electron chi connectivity index (χ2n) is 3.38. The van der Waals surface area contributed by atoms with Gasteiger partial charge in [0.05, 0.1) is 12.3 Å². The van der Waals surface area contributed by atoms with Crippen molar-refractivity contribution < 1.29 is 4.74 Å². The third-order valence-corrected chi connectivity index (χ3v) is 1.55. The van der Waals surface area contributed by atoms with Crippen molar-refractivity contribution in [2.24, 2.45) is 11.7 Å². The first-order chi connectivity index (χ1) is 6.22. The molecular weight excluding hydrogens is 164 g/mol. The van der Waals surface area contributed by atoms with Gasteiger partial charge in [-0.1, -0.05) is 19.9 Å². The van der Waals surface area contributed by atoms with Crippen LogP contribution in [-0.2, 0) is 6.54 Å². The van der Waals surface area contributed by atoms with Crippen LogP contribution in [0.2, 0.25) is 0 Å². The minimum Gasteiger partial charge on any atom is -0.477 e. The molecule has 0 aliphatic heterocycles. The van der Waals surface area contributed by atoms with Crippen molar-refractivity contribution in [3.05, 3.63) is 23.9 Å². The second-order valence-corrected chi connectivity index (χ2v) is 3.38. The summed E-state index contributed by atoms with van der Waals surface area (Å²) in [5.74, 6) is 1.18. The van der Waals surface area contributed by atoms with Gasteiger partial charge in [-0.05, 0) is 12.0 Å². The first-order valence-electron chi connectivity index (χ1n) is 4.51. The third-order valence-electron chi connectivity index (χ3n) is 1.55. The Bertz CT molecular complexity index is 261. The Morgan fingerprint density at radius 3 is 2.85 bits per heavy atom. The van der Waals surface area contributed by atoms with Crippen molar-refractivity contribution in [3.63, 3.8) is 0 Å². The van der Waals surface area contributed by atoms with Crippen molar-refractivity contribution >= 4 is 0 Å². The van der Waals surface area contributed by atoms with Gasteiger partial charge in [0.15, 0.2) is 0 Å². The number of hydrogen-bond acceptors (Lipinski definition) is 3. The number of rotatable bonds is 4. The van der Waals surface area contributed by atoms with Crippen molar-refractivity contribution in [2.75, 3.05) is 6.61 Å². The molecule has 0 aromatic carbocycles. The SMILES string of the molecule is CC(C)COc1cccc(CN)n1. The standard InChI is InChI=1S/C10H16N2O/c1-8(2)7-13-10-5-3-4-9(6-11)12-10/h3-5,8H,6-7,11H2,1-2H3. The molecular formula is C10H16N2O. The average molecular weight is 180 g/mol. The van der Waals surface area contributed by atoms with Gasteiger partial charge < -0.3 is 10.5 Å². The van der Waals surface area contributed by atoms with E-state index >= 15 is 0 Å².